The Hall–Kier alpha value is -3.23. The number of aryl methyl sites for hydroxylation is 2. The van der Waals surface area contributed by atoms with Gasteiger partial charge in [-0.25, -0.2) is 4.98 Å². The van der Waals surface area contributed by atoms with Crippen molar-refractivity contribution in [3.63, 3.8) is 0 Å². The molecule has 4 unspecified atom stereocenters. The number of imidazole rings is 1. The highest BCUT2D eigenvalue weighted by Crippen LogP contribution is 2.36. The molecule has 1 aliphatic heterocycles. The Kier molecular flexibility index (Phi) is 27.4. The molecule has 1 saturated heterocycles. The summed E-state index contributed by atoms with van der Waals surface area (Å²) in [4.78, 5) is 31.1. The summed E-state index contributed by atoms with van der Waals surface area (Å²) in [7, 11) is 1.78. The molecule has 9 heteroatoms. The van der Waals surface area contributed by atoms with E-state index in [2.05, 4.69) is 94.9 Å². The normalized spacial score (nSPS) is 20.6. The van der Waals surface area contributed by atoms with Crippen molar-refractivity contribution >= 4 is 17.5 Å². The van der Waals surface area contributed by atoms with Crippen LogP contribution in [0.2, 0.25) is 0 Å². The molecular weight excluding hydrogens is 683 g/mol. The molecule has 9 nitrogen and oxygen atoms in total. The predicted octanol–water partition coefficient (Wildman–Crippen LogP) is 12.0. The number of aromatic amines is 1. The number of rotatable bonds is 12. The van der Waals surface area contributed by atoms with Crippen LogP contribution in [0.25, 0.3) is 0 Å². The van der Waals surface area contributed by atoms with E-state index in [1.165, 1.54) is 56.9 Å². The van der Waals surface area contributed by atoms with Crippen molar-refractivity contribution in [2.24, 2.45) is 42.6 Å². The molecule has 1 saturated carbocycles. The van der Waals surface area contributed by atoms with Gasteiger partial charge in [0.05, 0.1) is 17.9 Å². The molecule has 0 bridgehead atoms. The molecule has 4 atom stereocenters. The number of hydrogen-bond donors (Lipinski definition) is 4. The number of unbranched alkanes of at least 4 members (excludes halogenated alkanes) is 2. The monoisotopic (exact) mass is 768 g/mol. The lowest BCUT2D eigenvalue weighted by atomic mass is 9.78. The van der Waals surface area contributed by atoms with Crippen LogP contribution in [0.3, 0.4) is 0 Å². The summed E-state index contributed by atoms with van der Waals surface area (Å²) in [5.74, 6) is 4.97. The van der Waals surface area contributed by atoms with E-state index >= 15 is 0 Å². The smallest absolute Gasteiger partial charge is 0.270 e. The van der Waals surface area contributed by atoms with Crippen molar-refractivity contribution in [2.75, 3.05) is 6.54 Å². The Balaban J connectivity index is 0.000000759. The fourth-order valence-corrected chi connectivity index (χ4v) is 6.25. The van der Waals surface area contributed by atoms with Gasteiger partial charge in [-0.05, 0) is 94.6 Å². The number of nitrogens with zero attached hydrogens (tertiary/aromatic N) is 3. The van der Waals surface area contributed by atoms with E-state index in [-0.39, 0.29) is 23.8 Å². The van der Waals surface area contributed by atoms with Crippen molar-refractivity contribution in [1.29, 1.82) is 5.41 Å². The zero-order valence-corrected chi connectivity index (χ0v) is 38.1. The maximum atomic E-state index is 12.6. The summed E-state index contributed by atoms with van der Waals surface area (Å²) < 4.78 is 1.60. The average Bonchev–Trinajstić information content (AvgIpc) is 3.80. The predicted molar refractivity (Wildman–Crippen MR) is 235 cm³/mol. The first kappa shape index (κ1) is 51.8. The van der Waals surface area contributed by atoms with E-state index in [4.69, 9.17) is 5.41 Å². The molecule has 2 amide bonds. The Morgan fingerprint density at radius 3 is 2.00 bits per heavy atom. The minimum atomic E-state index is -0.0825. The molecule has 0 spiro atoms. The van der Waals surface area contributed by atoms with Gasteiger partial charge in [0.1, 0.15) is 11.5 Å². The number of hydrogen-bond acceptors (Lipinski definition) is 5. The van der Waals surface area contributed by atoms with Crippen molar-refractivity contribution in [1.82, 2.24) is 30.4 Å². The molecule has 316 valence electrons. The molecule has 2 aromatic rings. The first-order valence-corrected chi connectivity index (χ1v) is 21.7. The van der Waals surface area contributed by atoms with Gasteiger partial charge in [-0.1, -0.05) is 126 Å². The SMILES string of the molecule is CC1CNC(=O)C(C)C1.CCC(C)=C(C)C(C)=N.CCC(C)C.CCCCCC(C)CC.Cc1ncc(C(NC(=O)c2ccnn2C)C2CCC(C)CC2)[nH]1. The topological polar surface area (TPSA) is 129 Å². The summed E-state index contributed by atoms with van der Waals surface area (Å²) in [6.07, 6.45) is 18.6. The van der Waals surface area contributed by atoms with E-state index in [1.54, 1.807) is 24.0 Å². The van der Waals surface area contributed by atoms with Crippen LogP contribution < -0.4 is 10.6 Å². The molecular formula is C46H85N7O2. The molecule has 0 aromatic carbocycles. The quantitative estimate of drug-likeness (QED) is 0.127. The number of piperidine rings is 1. The fourth-order valence-electron chi connectivity index (χ4n) is 6.25. The van der Waals surface area contributed by atoms with E-state index in [0.717, 1.165) is 67.1 Å². The Labute approximate surface area is 338 Å². The van der Waals surface area contributed by atoms with Crippen LogP contribution in [0, 0.1) is 47.8 Å². The summed E-state index contributed by atoms with van der Waals surface area (Å²) >= 11 is 0. The van der Waals surface area contributed by atoms with Crippen LogP contribution in [-0.2, 0) is 11.8 Å². The molecule has 55 heavy (non-hydrogen) atoms. The molecule has 4 rings (SSSR count). The van der Waals surface area contributed by atoms with Gasteiger partial charge in [0.25, 0.3) is 5.91 Å². The number of H-pyrrole nitrogens is 1. The van der Waals surface area contributed by atoms with Crippen molar-refractivity contribution in [2.45, 2.75) is 180 Å². The molecule has 4 N–H and O–H groups in total. The minimum absolute atomic E-state index is 0.0221. The maximum absolute atomic E-state index is 12.6. The second-order valence-corrected chi connectivity index (χ2v) is 16.9. The third kappa shape index (κ3) is 22.2. The minimum Gasteiger partial charge on any atom is -0.356 e. The highest BCUT2D eigenvalue weighted by Gasteiger charge is 2.30. The van der Waals surface area contributed by atoms with Crippen molar-refractivity contribution in [3.05, 3.63) is 46.8 Å². The van der Waals surface area contributed by atoms with Gasteiger partial charge in [-0.3, -0.25) is 14.3 Å². The van der Waals surface area contributed by atoms with Gasteiger partial charge in [0.2, 0.25) is 5.91 Å². The Morgan fingerprint density at radius 2 is 1.60 bits per heavy atom. The van der Waals surface area contributed by atoms with E-state index in [0.29, 0.717) is 23.2 Å². The lowest BCUT2D eigenvalue weighted by Gasteiger charge is -2.32. The van der Waals surface area contributed by atoms with Gasteiger partial charge in [-0.15, -0.1) is 0 Å². The molecule has 2 aliphatic rings. The van der Waals surface area contributed by atoms with E-state index in [9.17, 15) is 9.59 Å². The average molecular weight is 768 g/mol. The number of amides is 2. The maximum Gasteiger partial charge on any atom is 0.270 e. The van der Waals surface area contributed by atoms with E-state index < -0.39 is 0 Å². The molecule has 3 heterocycles. The van der Waals surface area contributed by atoms with Gasteiger partial charge >= 0.3 is 0 Å². The summed E-state index contributed by atoms with van der Waals surface area (Å²) in [6, 6.07) is 1.72. The van der Waals surface area contributed by atoms with Gasteiger partial charge in [0.15, 0.2) is 0 Å². The van der Waals surface area contributed by atoms with Crippen LogP contribution in [0.5, 0.6) is 0 Å². The van der Waals surface area contributed by atoms with Crippen molar-refractivity contribution in [3.8, 4) is 0 Å². The third-order valence-corrected chi connectivity index (χ3v) is 11.3. The molecule has 2 fully saturated rings. The van der Waals surface area contributed by atoms with Crippen LogP contribution >= 0.6 is 0 Å². The lowest BCUT2D eigenvalue weighted by molar-refractivity contribution is -0.126. The van der Waals surface area contributed by atoms with Crippen LogP contribution in [0.4, 0.5) is 0 Å². The van der Waals surface area contributed by atoms with E-state index in [1.807, 2.05) is 33.9 Å². The summed E-state index contributed by atoms with van der Waals surface area (Å²) in [5, 5.41) is 17.4. The van der Waals surface area contributed by atoms with Crippen LogP contribution in [0.15, 0.2) is 29.6 Å². The second kappa shape index (κ2) is 29.1. The standard InChI is InChI=1S/C17H25N5O.C9H20.C8H15N.C7H13NO.C5H12/c1-11-4-6-13(7-5-11)16(14-10-18-12(2)20-14)21-17(23)15-8-9-19-22(15)3;1-4-6-7-8-9(3)5-2;1-5-6(2)7(3)8(4)9;1-5-3-6(2)7(9)8-4-5;1-4-5(2)3/h8-11,13,16H,4-7H2,1-3H3,(H,18,20)(H,21,23);9H,4-8H2,1-3H3;9H,5H2,1-4H3;5-6H,3-4H2,1-2H3,(H,8,9);5H,4H2,1-3H3. The Morgan fingerprint density at radius 1 is 0.982 bits per heavy atom. The fraction of sp³-hybridized carbons (Fsp3) is 0.761. The molecule has 1 aliphatic carbocycles. The first-order chi connectivity index (χ1) is 25.9. The number of nitrogens with one attached hydrogen (secondary N) is 4. The molecule has 2 aromatic heterocycles. The zero-order valence-electron chi connectivity index (χ0n) is 38.1. The third-order valence-electron chi connectivity index (χ3n) is 11.3. The lowest BCUT2D eigenvalue weighted by Crippen LogP contribution is -2.39. The molecule has 0 radical (unpaired) electrons. The first-order valence-electron chi connectivity index (χ1n) is 21.7. The van der Waals surface area contributed by atoms with Gasteiger partial charge < -0.3 is 21.0 Å². The van der Waals surface area contributed by atoms with Gasteiger partial charge in [0, 0.05) is 31.4 Å². The van der Waals surface area contributed by atoms with Crippen LogP contribution in [0.1, 0.15) is 195 Å². The number of carbonyl (C=O) groups is 2. The number of aromatic nitrogens is 4. The number of allylic oxidation sites excluding steroid dienone is 2. The summed E-state index contributed by atoms with van der Waals surface area (Å²) in [5.41, 5.74) is 4.72. The second-order valence-electron chi connectivity index (χ2n) is 16.9. The summed E-state index contributed by atoms with van der Waals surface area (Å²) in [6.45, 7) is 30.8. The highest BCUT2D eigenvalue weighted by atomic mass is 16.2. The zero-order chi connectivity index (χ0) is 42.1. The van der Waals surface area contributed by atoms with Crippen molar-refractivity contribution < 1.29 is 9.59 Å². The highest BCUT2D eigenvalue weighted by molar-refractivity contribution is 5.95. The number of carbonyl (C=O) groups excluding carboxylic acids is 2. The van der Waals surface area contributed by atoms with Gasteiger partial charge in [-0.2, -0.15) is 5.10 Å². The Bertz CT molecular complexity index is 1370. The van der Waals surface area contributed by atoms with Crippen LogP contribution in [-0.4, -0.2) is 43.8 Å². The largest absolute Gasteiger partial charge is 0.356 e.